The molecule has 100 valence electrons. The number of benzene rings is 1. The summed E-state index contributed by atoms with van der Waals surface area (Å²) in [5.74, 6) is 1.33. The Morgan fingerprint density at radius 2 is 2.22 bits per heavy atom. The topological polar surface area (TPSA) is 12.0 Å². The van der Waals surface area contributed by atoms with Crippen molar-refractivity contribution in [2.45, 2.75) is 38.6 Å². The molecule has 18 heavy (non-hydrogen) atoms. The summed E-state index contributed by atoms with van der Waals surface area (Å²) in [6.45, 7) is 2.32. The van der Waals surface area contributed by atoms with E-state index in [9.17, 15) is 4.39 Å². The van der Waals surface area contributed by atoms with Crippen molar-refractivity contribution < 1.29 is 4.39 Å². The molecule has 0 spiro atoms. The lowest BCUT2D eigenvalue weighted by molar-refractivity contribution is 0.306. The van der Waals surface area contributed by atoms with Crippen LogP contribution >= 0.6 is 15.9 Å². The van der Waals surface area contributed by atoms with E-state index in [2.05, 4.69) is 28.2 Å². The maximum absolute atomic E-state index is 13.9. The fourth-order valence-electron chi connectivity index (χ4n) is 3.16. The van der Waals surface area contributed by atoms with Crippen LogP contribution < -0.4 is 5.32 Å². The molecule has 1 saturated carbocycles. The summed E-state index contributed by atoms with van der Waals surface area (Å²) in [6.07, 6.45) is 4.67. The van der Waals surface area contributed by atoms with Crippen LogP contribution in [0.1, 0.15) is 31.7 Å². The zero-order valence-electron chi connectivity index (χ0n) is 11.0. The average molecular weight is 314 g/mol. The van der Waals surface area contributed by atoms with Crippen LogP contribution in [0.5, 0.6) is 0 Å². The molecule has 1 N–H and O–H groups in total. The van der Waals surface area contributed by atoms with E-state index in [1.54, 1.807) is 6.07 Å². The van der Waals surface area contributed by atoms with E-state index in [0.29, 0.717) is 12.0 Å². The number of nitrogens with one attached hydrogen (secondary N) is 1. The molecule has 0 heterocycles. The van der Waals surface area contributed by atoms with Crippen LogP contribution in [0.2, 0.25) is 0 Å². The Bertz CT molecular complexity index is 407. The minimum Gasteiger partial charge on any atom is -0.316 e. The summed E-state index contributed by atoms with van der Waals surface area (Å²) in [5.41, 5.74) is 0.816. The Morgan fingerprint density at radius 3 is 2.78 bits per heavy atom. The molecule has 0 radical (unpaired) electrons. The van der Waals surface area contributed by atoms with E-state index >= 15 is 0 Å². The highest BCUT2D eigenvalue weighted by Crippen LogP contribution is 2.35. The van der Waals surface area contributed by atoms with Gasteiger partial charge in [-0.05, 0) is 49.4 Å². The quantitative estimate of drug-likeness (QED) is 0.880. The molecule has 0 amide bonds. The van der Waals surface area contributed by atoms with Gasteiger partial charge < -0.3 is 5.32 Å². The van der Waals surface area contributed by atoms with E-state index in [4.69, 9.17) is 0 Å². The maximum Gasteiger partial charge on any atom is 0.127 e. The normalized spacial score (nSPS) is 25.3. The van der Waals surface area contributed by atoms with Gasteiger partial charge in [0.15, 0.2) is 0 Å². The van der Waals surface area contributed by atoms with Gasteiger partial charge in [0.25, 0.3) is 0 Å². The Balaban J connectivity index is 2.10. The van der Waals surface area contributed by atoms with Gasteiger partial charge in [-0.1, -0.05) is 41.8 Å². The smallest absolute Gasteiger partial charge is 0.127 e. The molecule has 1 aromatic rings. The lowest BCUT2D eigenvalue weighted by Gasteiger charge is -2.27. The molecule has 1 aliphatic carbocycles. The van der Waals surface area contributed by atoms with Crippen molar-refractivity contribution in [1.82, 2.24) is 5.32 Å². The summed E-state index contributed by atoms with van der Waals surface area (Å²) < 4.78 is 14.7. The number of hydrogen-bond acceptors (Lipinski definition) is 1. The molecule has 3 unspecified atom stereocenters. The molecule has 0 saturated heterocycles. The van der Waals surface area contributed by atoms with Crippen LogP contribution in [0.3, 0.4) is 0 Å². The van der Waals surface area contributed by atoms with Gasteiger partial charge in [-0.3, -0.25) is 0 Å². The molecule has 1 fully saturated rings. The van der Waals surface area contributed by atoms with E-state index in [1.807, 2.05) is 19.2 Å². The van der Waals surface area contributed by atoms with Crippen molar-refractivity contribution >= 4 is 15.9 Å². The molecule has 0 aromatic heterocycles. The van der Waals surface area contributed by atoms with Gasteiger partial charge in [0.05, 0.1) is 0 Å². The first-order chi connectivity index (χ1) is 8.61. The van der Waals surface area contributed by atoms with Crippen LogP contribution in [0.25, 0.3) is 0 Å². The van der Waals surface area contributed by atoms with Crippen LogP contribution in [0.4, 0.5) is 4.39 Å². The first-order valence-corrected chi connectivity index (χ1v) is 7.52. The molecule has 1 aromatic carbocycles. The van der Waals surface area contributed by atoms with Crippen LogP contribution in [-0.2, 0) is 6.42 Å². The second-order valence-corrected chi connectivity index (χ2v) is 6.32. The van der Waals surface area contributed by atoms with Crippen LogP contribution in [-0.4, -0.2) is 13.1 Å². The number of halogens is 2. The third kappa shape index (κ3) is 3.12. The molecule has 0 aliphatic heterocycles. The van der Waals surface area contributed by atoms with Crippen molar-refractivity contribution in [2.75, 3.05) is 7.05 Å². The third-order valence-electron chi connectivity index (χ3n) is 4.27. The van der Waals surface area contributed by atoms with Crippen LogP contribution in [0, 0.1) is 17.7 Å². The van der Waals surface area contributed by atoms with Gasteiger partial charge in [0.1, 0.15) is 5.82 Å². The number of rotatable bonds is 4. The fraction of sp³-hybridized carbons (Fsp3) is 0.600. The number of hydrogen-bond donors (Lipinski definition) is 1. The Morgan fingerprint density at radius 1 is 1.44 bits per heavy atom. The number of likely N-dealkylation sites (N-methyl/N-ethyl adjacent to an activating group) is 1. The lowest BCUT2D eigenvalue weighted by Crippen LogP contribution is -2.37. The largest absolute Gasteiger partial charge is 0.316 e. The summed E-state index contributed by atoms with van der Waals surface area (Å²) in [4.78, 5) is 0. The average Bonchev–Trinajstić information content (AvgIpc) is 2.75. The van der Waals surface area contributed by atoms with Gasteiger partial charge in [-0.25, -0.2) is 4.39 Å². The standard InChI is InChI=1S/C15H21BrFN/c1-10-4-3-5-13(10)15(18-2)8-11-6-7-12(16)9-14(11)17/h6-7,9-10,13,15,18H,3-5,8H2,1-2H3. The molecular formula is C15H21BrFN. The van der Waals surface area contributed by atoms with Crippen molar-refractivity contribution in [1.29, 1.82) is 0 Å². The van der Waals surface area contributed by atoms with Gasteiger partial charge in [-0.15, -0.1) is 0 Å². The van der Waals surface area contributed by atoms with E-state index < -0.39 is 0 Å². The molecule has 0 bridgehead atoms. The van der Waals surface area contributed by atoms with Gasteiger partial charge >= 0.3 is 0 Å². The predicted molar refractivity (Wildman–Crippen MR) is 77.2 cm³/mol. The third-order valence-corrected chi connectivity index (χ3v) is 4.76. The summed E-state index contributed by atoms with van der Waals surface area (Å²) in [5, 5.41) is 3.39. The SMILES string of the molecule is CNC(Cc1ccc(Br)cc1F)C1CCCC1C. The second kappa shape index (κ2) is 6.16. The summed E-state index contributed by atoms with van der Waals surface area (Å²) >= 11 is 3.30. The monoisotopic (exact) mass is 313 g/mol. The molecule has 3 heteroatoms. The lowest BCUT2D eigenvalue weighted by atomic mass is 9.86. The van der Waals surface area contributed by atoms with Gasteiger partial charge in [-0.2, -0.15) is 0 Å². The minimum atomic E-state index is -0.102. The molecule has 2 rings (SSSR count). The van der Waals surface area contributed by atoms with Crippen molar-refractivity contribution in [3.8, 4) is 0 Å². The fourth-order valence-corrected chi connectivity index (χ4v) is 3.50. The van der Waals surface area contributed by atoms with E-state index in [0.717, 1.165) is 22.4 Å². The Labute approximate surface area is 117 Å². The first kappa shape index (κ1) is 14.0. The molecule has 3 atom stereocenters. The van der Waals surface area contributed by atoms with Gasteiger partial charge in [0, 0.05) is 10.5 Å². The van der Waals surface area contributed by atoms with E-state index in [1.165, 1.54) is 19.3 Å². The molecule has 1 nitrogen and oxygen atoms in total. The second-order valence-electron chi connectivity index (χ2n) is 5.41. The predicted octanol–water partition coefficient (Wildman–Crippen LogP) is 4.15. The summed E-state index contributed by atoms with van der Waals surface area (Å²) in [7, 11) is 1.99. The highest BCUT2D eigenvalue weighted by atomic mass is 79.9. The Kier molecular flexibility index (Phi) is 4.79. The minimum absolute atomic E-state index is 0.102. The van der Waals surface area contributed by atoms with Crippen molar-refractivity contribution in [3.05, 3.63) is 34.1 Å². The maximum atomic E-state index is 13.9. The van der Waals surface area contributed by atoms with Crippen molar-refractivity contribution in [3.63, 3.8) is 0 Å². The highest BCUT2D eigenvalue weighted by Gasteiger charge is 2.30. The van der Waals surface area contributed by atoms with E-state index in [-0.39, 0.29) is 5.82 Å². The summed E-state index contributed by atoms with van der Waals surface area (Å²) in [6, 6.07) is 5.75. The zero-order chi connectivity index (χ0) is 13.1. The first-order valence-electron chi connectivity index (χ1n) is 6.73. The van der Waals surface area contributed by atoms with Crippen molar-refractivity contribution in [2.24, 2.45) is 11.8 Å². The molecular weight excluding hydrogens is 293 g/mol. The molecule has 1 aliphatic rings. The van der Waals surface area contributed by atoms with Gasteiger partial charge in [0.2, 0.25) is 0 Å². The zero-order valence-corrected chi connectivity index (χ0v) is 12.6. The Hall–Kier alpha value is -0.410. The van der Waals surface area contributed by atoms with Crippen LogP contribution in [0.15, 0.2) is 22.7 Å². The highest BCUT2D eigenvalue weighted by molar-refractivity contribution is 9.10.